The Labute approximate surface area is 92.3 Å². The van der Waals surface area contributed by atoms with E-state index in [-0.39, 0.29) is 5.28 Å². The van der Waals surface area contributed by atoms with Crippen molar-refractivity contribution in [3.8, 4) is 0 Å². The summed E-state index contributed by atoms with van der Waals surface area (Å²) in [6.45, 7) is 2.53. The summed E-state index contributed by atoms with van der Waals surface area (Å²) in [5.41, 5.74) is 1.90. The number of rotatable bonds is 3. The number of aromatic nitrogens is 2. The molecule has 2 aromatic rings. The van der Waals surface area contributed by atoms with Crippen molar-refractivity contribution >= 4 is 17.4 Å². The van der Waals surface area contributed by atoms with Gasteiger partial charge in [-0.3, -0.25) is 0 Å². The second kappa shape index (κ2) is 4.31. The molecule has 15 heavy (non-hydrogen) atoms. The molecule has 0 bridgehead atoms. The summed E-state index contributed by atoms with van der Waals surface area (Å²) in [6.07, 6.45) is 3.32. The fourth-order valence-electron chi connectivity index (χ4n) is 1.21. The van der Waals surface area contributed by atoms with Gasteiger partial charge in [0.1, 0.15) is 5.82 Å². The highest BCUT2D eigenvalue weighted by Gasteiger charge is 2.00. The molecule has 0 unspecified atom stereocenters. The van der Waals surface area contributed by atoms with Crippen LogP contribution in [0.5, 0.6) is 0 Å². The van der Waals surface area contributed by atoms with Crippen molar-refractivity contribution in [1.82, 2.24) is 9.97 Å². The van der Waals surface area contributed by atoms with Crippen molar-refractivity contribution < 1.29 is 4.42 Å². The van der Waals surface area contributed by atoms with E-state index in [0.29, 0.717) is 12.4 Å². The summed E-state index contributed by atoms with van der Waals surface area (Å²) >= 11 is 5.73. The Morgan fingerprint density at radius 1 is 1.47 bits per heavy atom. The number of hydrogen-bond acceptors (Lipinski definition) is 4. The molecule has 5 heteroatoms. The number of furan rings is 1. The van der Waals surface area contributed by atoms with Crippen molar-refractivity contribution in [3.63, 3.8) is 0 Å². The molecule has 2 heterocycles. The topological polar surface area (TPSA) is 51.0 Å². The third-order valence-corrected chi connectivity index (χ3v) is 2.05. The van der Waals surface area contributed by atoms with Gasteiger partial charge in [-0.05, 0) is 24.6 Å². The molecule has 0 spiro atoms. The Bertz CT molecular complexity index is 422. The first-order chi connectivity index (χ1) is 7.24. The molecule has 2 aromatic heterocycles. The first kappa shape index (κ1) is 9.98. The zero-order valence-electron chi connectivity index (χ0n) is 8.20. The highest BCUT2D eigenvalue weighted by Crippen LogP contribution is 2.11. The third-order valence-electron chi connectivity index (χ3n) is 1.88. The quantitative estimate of drug-likeness (QED) is 0.813. The molecule has 4 nitrogen and oxygen atoms in total. The number of nitrogens with zero attached hydrogens (tertiary/aromatic N) is 2. The molecule has 0 aliphatic heterocycles. The van der Waals surface area contributed by atoms with Crippen LogP contribution in [0.4, 0.5) is 5.82 Å². The van der Waals surface area contributed by atoms with Crippen LogP contribution in [0.3, 0.4) is 0 Å². The zero-order chi connectivity index (χ0) is 10.7. The van der Waals surface area contributed by atoms with Gasteiger partial charge in [0, 0.05) is 23.9 Å². The van der Waals surface area contributed by atoms with Crippen LogP contribution in [-0.4, -0.2) is 9.97 Å². The molecule has 0 aromatic carbocycles. The second-order valence-electron chi connectivity index (χ2n) is 3.15. The van der Waals surface area contributed by atoms with E-state index < -0.39 is 0 Å². The normalized spacial score (nSPS) is 10.3. The minimum absolute atomic E-state index is 0.254. The Balaban J connectivity index is 2.05. The van der Waals surface area contributed by atoms with Crippen LogP contribution in [0.15, 0.2) is 29.1 Å². The predicted octanol–water partition coefficient (Wildman–Crippen LogP) is 2.64. The molecule has 2 rings (SSSR count). The first-order valence-corrected chi connectivity index (χ1v) is 4.88. The molecule has 0 aliphatic carbocycles. The summed E-state index contributed by atoms with van der Waals surface area (Å²) < 4.78 is 4.95. The summed E-state index contributed by atoms with van der Waals surface area (Å²) in [5.74, 6) is 0.716. The summed E-state index contributed by atoms with van der Waals surface area (Å²) in [6, 6.07) is 3.73. The average Bonchev–Trinajstić information content (AvgIpc) is 2.65. The number of aryl methyl sites for hydroxylation is 1. The molecule has 78 valence electrons. The molecule has 0 amide bonds. The monoisotopic (exact) mass is 223 g/mol. The summed E-state index contributed by atoms with van der Waals surface area (Å²) in [5, 5.41) is 3.39. The predicted molar refractivity (Wildman–Crippen MR) is 57.8 cm³/mol. The van der Waals surface area contributed by atoms with Crippen LogP contribution >= 0.6 is 11.6 Å². The van der Waals surface area contributed by atoms with Crippen LogP contribution < -0.4 is 5.32 Å². The lowest BCUT2D eigenvalue weighted by molar-refractivity contribution is 0.564. The fourth-order valence-corrected chi connectivity index (χ4v) is 1.43. The Hall–Kier alpha value is -1.55. The number of halogens is 1. The van der Waals surface area contributed by atoms with Crippen molar-refractivity contribution in [1.29, 1.82) is 0 Å². The minimum Gasteiger partial charge on any atom is -0.472 e. The highest BCUT2D eigenvalue weighted by atomic mass is 35.5. The van der Waals surface area contributed by atoms with Gasteiger partial charge in [-0.2, -0.15) is 0 Å². The SMILES string of the molecule is Cc1cc(NCc2ccoc2)nc(Cl)n1. The second-order valence-corrected chi connectivity index (χ2v) is 3.49. The lowest BCUT2D eigenvalue weighted by atomic mass is 10.3. The van der Waals surface area contributed by atoms with E-state index in [4.69, 9.17) is 16.0 Å². The van der Waals surface area contributed by atoms with Crippen molar-refractivity contribution in [2.75, 3.05) is 5.32 Å². The van der Waals surface area contributed by atoms with E-state index in [9.17, 15) is 0 Å². The van der Waals surface area contributed by atoms with Crippen LogP contribution in [0.2, 0.25) is 5.28 Å². The average molecular weight is 224 g/mol. The Morgan fingerprint density at radius 2 is 2.33 bits per heavy atom. The summed E-state index contributed by atoms with van der Waals surface area (Å²) in [4.78, 5) is 8.02. The lowest BCUT2D eigenvalue weighted by Crippen LogP contribution is -2.01. The smallest absolute Gasteiger partial charge is 0.224 e. The Kier molecular flexibility index (Phi) is 2.87. The van der Waals surface area contributed by atoms with Gasteiger partial charge in [0.05, 0.1) is 12.5 Å². The van der Waals surface area contributed by atoms with Gasteiger partial charge in [0.15, 0.2) is 0 Å². The highest BCUT2D eigenvalue weighted by molar-refractivity contribution is 6.28. The van der Waals surface area contributed by atoms with Gasteiger partial charge in [-0.25, -0.2) is 9.97 Å². The van der Waals surface area contributed by atoms with Gasteiger partial charge < -0.3 is 9.73 Å². The van der Waals surface area contributed by atoms with Crippen LogP contribution in [0.1, 0.15) is 11.3 Å². The third kappa shape index (κ3) is 2.70. The van der Waals surface area contributed by atoms with Crippen LogP contribution in [0, 0.1) is 6.92 Å². The van der Waals surface area contributed by atoms with Gasteiger partial charge in [-0.15, -0.1) is 0 Å². The molecule has 0 saturated heterocycles. The maximum Gasteiger partial charge on any atom is 0.224 e. The maximum absolute atomic E-state index is 5.73. The van der Waals surface area contributed by atoms with E-state index in [1.807, 2.05) is 19.1 Å². The van der Waals surface area contributed by atoms with E-state index in [0.717, 1.165) is 11.3 Å². The molecule has 0 fully saturated rings. The standard InChI is InChI=1S/C10H10ClN3O/c1-7-4-9(14-10(11)13-7)12-5-8-2-3-15-6-8/h2-4,6H,5H2,1H3,(H,12,13,14). The molecular formula is C10H10ClN3O. The van der Waals surface area contributed by atoms with E-state index in [1.54, 1.807) is 12.5 Å². The largest absolute Gasteiger partial charge is 0.472 e. The van der Waals surface area contributed by atoms with E-state index >= 15 is 0 Å². The number of anilines is 1. The molecule has 0 radical (unpaired) electrons. The maximum atomic E-state index is 5.73. The van der Waals surface area contributed by atoms with E-state index in [2.05, 4.69) is 15.3 Å². The molecule has 0 saturated carbocycles. The Morgan fingerprint density at radius 3 is 3.00 bits per heavy atom. The number of hydrogen-bond donors (Lipinski definition) is 1. The fraction of sp³-hybridized carbons (Fsp3) is 0.200. The summed E-state index contributed by atoms with van der Waals surface area (Å²) in [7, 11) is 0. The first-order valence-electron chi connectivity index (χ1n) is 4.50. The molecule has 0 aliphatic rings. The van der Waals surface area contributed by atoms with Crippen LogP contribution in [0.25, 0.3) is 0 Å². The van der Waals surface area contributed by atoms with Gasteiger partial charge in [0.2, 0.25) is 5.28 Å². The minimum atomic E-state index is 0.254. The van der Waals surface area contributed by atoms with Crippen LogP contribution in [-0.2, 0) is 6.54 Å². The molecule has 0 atom stereocenters. The lowest BCUT2D eigenvalue weighted by Gasteiger charge is -2.04. The van der Waals surface area contributed by atoms with Crippen molar-refractivity contribution in [2.24, 2.45) is 0 Å². The van der Waals surface area contributed by atoms with Gasteiger partial charge in [0.25, 0.3) is 0 Å². The van der Waals surface area contributed by atoms with Gasteiger partial charge in [-0.1, -0.05) is 0 Å². The van der Waals surface area contributed by atoms with E-state index in [1.165, 1.54) is 0 Å². The van der Waals surface area contributed by atoms with Crippen molar-refractivity contribution in [2.45, 2.75) is 13.5 Å². The van der Waals surface area contributed by atoms with Crippen molar-refractivity contribution in [3.05, 3.63) is 41.2 Å². The molecule has 1 N–H and O–H groups in total. The number of nitrogens with one attached hydrogen (secondary N) is 1. The molecular weight excluding hydrogens is 214 g/mol. The zero-order valence-corrected chi connectivity index (χ0v) is 8.95. The van der Waals surface area contributed by atoms with Gasteiger partial charge >= 0.3 is 0 Å².